The summed E-state index contributed by atoms with van der Waals surface area (Å²) in [4.78, 5) is 0. The average molecular weight is 467 g/mol. The van der Waals surface area contributed by atoms with Gasteiger partial charge in [-0.1, -0.05) is 92.7 Å². The van der Waals surface area contributed by atoms with E-state index in [1.807, 2.05) is 30.3 Å². The molecule has 4 aromatic carbocycles. The van der Waals surface area contributed by atoms with E-state index in [0.717, 1.165) is 40.2 Å². The minimum absolute atomic E-state index is 0.467. The third-order valence-electron chi connectivity index (χ3n) is 6.30. The van der Waals surface area contributed by atoms with Crippen LogP contribution >= 0.6 is 0 Å². The van der Waals surface area contributed by atoms with Crippen molar-refractivity contribution in [2.24, 2.45) is 5.92 Å². The topological polar surface area (TPSA) is 27.7 Å². The third kappa shape index (κ3) is 5.58. The highest BCUT2D eigenvalue weighted by atomic mass is 16.5. The molecule has 0 spiro atoms. The lowest BCUT2D eigenvalue weighted by Crippen LogP contribution is -2.32. The molecular formula is C32H34O3. The Morgan fingerprint density at radius 2 is 1.03 bits per heavy atom. The van der Waals surface area contributed by atoms with Crippen LogP contribution in [0.25, 0.3) is 0 Å². The van der Waals surface area contributed by atoms with E-state index in [9.17, 15) is 0 Å². The van der Waals surface area contributed by atoms with Gasteiger partial charge in [0, 0.05) is 0 Å². The van der Waals surface area contributed by atoms with Gasteiger partial charge in [-0.3, -0.25) is 0 Å². The SMILES string of the molecule is COc1ccc(C(OCc2ccc(CC(C)C)cc2)(c2ccccc2)c2ccc(OC)cc2)cc1. The number of rotatable bonds is 10. The Balaban J connectivity index is 1.80. The van der Waals surface area contributed by atoms with Crippen LogP contribution in [0, 0.1) is 5.92 Å². The molecule has 0 aromatic heterocycles. The van der Waals surface area contributed by atoms with Crippen molar-refractivity contribution < 1.29 is 14.2 Å². The average Bonchev–Trinajstić information content (AvgIpc) is 2.91. The fourth-order valence-electron chi connectivity index (χ4n) is 4.51. The number of benzene rings is 4. The molecule has 0 bridgehead atoms. The summed E-state index contributed by atoms with van der Waals surface area (Å²) in [7, 11) is 3.37. The van der Waals surface area contributed by atoms with Gasteiger partial charge in [-0.2, -0.15) is 0 Å². The molecule has 0 heterocycles. The van der Waals surface area contributed by atoms with Crippen LogP contribution in [0.15, 0.2) is 103 Å². The lowest BCUT2D eigenvalue weighted by Gasteiger charge is -2.36. The van der Waals surface area contributed by atoms with E-state index < -0.39 is 5.60 Å². The first-order valence-electron chi connectivity index (χ1n) is 12.1. The quantitative estimate of drug-likeness (QED) is 0.228. The van der Waals surface area contributed by atoms with Gasteiger partial charge < -0.3 is 14.2 Å². The van der Waals surface area contributed by atoms with Crippen LogP contribution in [-0.2, 0) is 23.4 Å². The van der Waals surface area contributed by atoms with Gasteiger partial charge in [-0.05, 0) is 64.4 Å². The molecule has 35 heavy (non-hydrogen) atoms. The molecule has 4 rings (SSSR count). The molecule has 180 valence electrons. The second-order valence-electron chi connectivity index (χ2n) is 9.21. The van der Waals surface area contributed by atoms with E-state index in [0.29, 0.717) is 12.5 Å². The summed E-state index contributed by atoms with van der Waals surface area (Å²) in [6.07, 6.45) is 1.08. The van der Waals surface area contributed by atoms with E-state index in [4.69, 9.17) is 14.2 Å². The zero-order valence-electron chi connectivity index (χ0n) is 21.0. The van der Waals surface area contributed by atoms with E-state index in [2.05, 4.69) is 86.6 Å². The van der Waals surface area contributed by atoms with Gasteiger partial charge in [-0.15, -0.1) is 0 Å². The van der Waals surface area contributed by atoms with Crippen LogP contribution in [0.3, 0.4) is 0 Å². The highest BCUT2D eigenvalue weighted by molar-refractivity contribution is 5.49. The zero-order valence-corrected chi connectivity index (χ0v) is 21.0. The Labute approximate surface area is 209 Å². The Kier molecular flexibility index (Phi) is 7.89. The molecule has 0 atom stereocenters. The van der Waals surface area contributed by atoms with Crippen molar-refractivity contribution in [3.05, 3.63) is 131 Å². The fourth-order valence-corrected chi connectivity index (χ4v) is 4.51. The van der Waals surface area contributed by atoms with Crippen LogP contribution in [0.5, 0.6) is 11.5 Å². The number of methoxy groups -OCH3 is 2. The maximum atomic E-state index is 6.96. The Bertz CT molecular complexity index is 1130. The van der Waals surface area contributed by atoms with Crippen LogP contribution < -0.4 is 9.47 Å². The predicted octanol–water partition coefficient (Wildman–Crippen LogP) is 7.41. The molecule has 3 heteroatoms. The van der Waals surface area contributed by atoms with Crippen molar-refractivity contribution >= 4 is 0 Å². The van der Waals surface area contributed by atoms with Gasteiger partial charge in [0.15, 0.2) is 0 Å². The maximum absolute atomic E-state index is 6.96. The number of hydrogen-bond donors (Lipinski definition) is 0. The van der Waals surface area contributed by atoms with Gasteiger partial charge in [0.1, 0.15) is 17.1 Å². The largest absolute Gasteiger partial charge is 0.497 e. The van der Waals surface area contributed by atoms with E-state index in [-0.39, 0.29) is 0 Å². The van der Waals surface area contributed by atoms with Crippen molar-refractivity contribution in [1.82, 2.24) is 0 Å². The van der Waals surface area contributed by atoms with Crippen LogP contribution in [-0.4, -0.2) is 14.2 Å². The molecule has 0 amide bonds. The second-order valence-corrected chi connectivity index (χ2v) is 9.21. The third-order valence-corrected chi connectivity index (χ3v) is 6.30. The minimum Gasteiger partial charge on any atom is -0.497 e. The summed E-state index contributed by atoms with van der Waals surface area (Å²) in [5.41, 5.74) is 4.81. The summed E-state index contributed by atoms with van der Waals surface area (Å²) < 4.78 is 17.8. The van der Waals surface area contributed by atoms with Crippen molar-refractivity contribution in [2.75, 3.05) is 14.2 Å². The maximum Gasteiger partial charge on any atom is 0.144 e. The van der Waals surface area contributed by atoms with Crippen molar-refractivity contribution in [2.45, 2.75) is 32.5 Å². The second kappa shape index (κ2) is 11.2. The Hall–Kier alpha value is -3.56. The zero-order chi connectivity index (χ0) is 24.7. The van der Waals surface area contributed by atoms with Crippen molar-refractivity contribution in [3.63, 3.8) is 0 Å². The van der Waals surface area contributed by atoms with Crippen LogP contribution in [0.2, 0.25) is 0 Å². The number of ether oxygens (including phenoxy) is 3. The number of hydrogen-bond acceptors (Lipinski definition) is 3. The van der Waals surface area contributed by atoms with Gasteiger partial charge in [0.25, 0.3) is 0 Å². The van der Waals surface area contributed by atoms with Gasteiger partial charge in [0.2, 0.25) is 0 Å². The minimum atomic E-state index is -0.809. The molecule has 0 unspecified atom stereocenters. The lowest BCUT2D eigenvalue weighted by molar-refractivity contribution is 0.000188. The highest BCUT2D eigenvalue weighted by Gasteiger charge is 2.37. The smallest absolute Gasteiger partial charge is 0.144 e. The summed E-state index contributed by atoms with van der Waals surface area (Å²) in [5, 5.41) is 0. The Morgan fingerprint density at radius 1 is 0.571 bits per heavy atom. The van der Waals surface area contributed by atoms with Gasteiger partial charge in [-0.25, -0.2) is 0 Å². The molecular weight excluding hydrogens is 432 g/mol. The van der Waals surface area contributed by atoms with E-state index >= 15 is 0 Å². The normalized spacial score (nSPS) is 11.5. The standard InChI is InChI=1S/C32H34O3/c1-24(2)22-25-10-12-26(13-11-25)23-35-32(27-8-6-5-7-9-27,28-14-18-30(33-3)19-15-28)29-16-20-31(34-4)21-17-29/h5-21,24H,22-23H2,1-4H3. The van der Waals surface area contributed by atoms with Gasteiger partial charge in [0.05, 0.1) is 20.8 Å². The molecule has 0 saturated heterocycles. The molecule has 0 fully saturated rings. The lowest BCUT2D eigenvalue weighted by atomic mass is 9.80. The molecule has 0 aliphatic carbocycles. The van der Waals surface area contributed by atoms with E-state index in [1.165, 1.54) is 5.56 Å². The summed E-state index contributed by atoms with van der Waals surface area (Å²) in [6, 6.07) is 35.5. The van der Waals surface area contributed by atoms with Crippen LogP contribution in [0.4, 0.5) is 0 Å². The molecule has 0 N–H and O–H groups in total. The highest BCUT2D eigenvalue weighted by Crippen LogP contribution is 2.42. The first-order chi connectivity index (χ1) is 17.0. The summed E-state index contributed by atoms with van der Waals surface area (Å²) in [6.45, 7) is 4.96. The Morgan fingerprint density at radius 3 is 1.49 bits per heavy atom. The molecule has 3 nitrogen and oxygen atoms in total. The van der Waals surface area contributed by atoms with E-state index in [1.54, 1.807) is 14.2 Å². The predicted molar refractivity (Wildman–Crippen MR) is 142 cm³/mol. The molecule has 0 saturated carbocycles. The first kappa shape index (κ1) is 24.6. The molecule has 0 aliphatic rings. The summed E-state index contributed by atoms with van der Waals surface area (Å²) in [5.74, 6) is 2.25. The van der Waals surface area contributed by atoms with Gasteiger partial charge >= 0.3 is 0 Å². The molecule has 4 aromatic rings. The summed E-state index contributed by atoms with van der Waals surface area (Å²) >= 11 is 0. The molecule has 0 radical (unpaired) electrons. The van der Waals surface area contributed by atoms with Crippen LogP contribution in [0.1, 0.15) is 41.7 Å². The fraction of sp³-hybridized carbons (Fsp3) is 0.250. The van der Waals surface area contributed by atoms with Crippen molar-refractivity contribution in [3.8, 4) is 11.5 Å². The van der Waals surface area contributed by atoms with Crippen molar-refractivity contribution in [1.29, 1.82) is 0 Å². The molecule has 0 aliphatic heterocycles. The monoisotopic (exact) mass is 466 g/mol. The first-order valence-corrected chi connectivity index (χ1v) is 12.1.